The summed E-state index contributed by atoms with van der Waals surface area (Å²) in [5.74, 6) is -0.967. The van der Waals surface area contributed by atoms with E-state index in [4.69, 9.17) is 0 Å². The number of Topliss-reactive ketones (excluding diaryl/α,β-unsaturated/α-hetero) is 1. The number of pyridine rings is 1. The fourth-order valence-electron chi connectivity index (χ4n) is 4.39. The zero-order valence-corrected chi connectivity index (χ0v) is 21.6. The lowest BCUT2D eigenvalue weighted by atomic mass is 10.1. The number of alkyl halides is 3. The number of rotatable bonds is 9. The molecule has 2 atom stereocenters. The first-order valence-corrected chi connectivity index (χ1v) is 13.6. The van der Waals surface area contributed by atoms with Gasteiger partial charge in [0, 0.05) is 32.5 Å². The monoisotopic (exact) mass is 546 g/mol. The number of fused-ring (bicyclic) bond motifs is 1. The lowest BCUT2D eigenvalue weighted by Gasteiger charge is -2.23. The molecule has 2 aromatic heterocycles. The van der Waals surface area contributed by atoms with Crippen LogP contribution < -0.4 is 9.62 Å². The molecule has 38 heavy (non-hydrogen) atoms. The van der Waals surface area contributed by atoms with Gasteiger partial charge in [0.25, 0.3) is 6.43 Å². The topological polar surface area (TPSA) is 110 Å². The van der Waals surface area contributed by atoms with Crippen LogP contribution in [0.25, 0.3) is 11.3 Å². The lowest BCUT2D eigenvalue weighted by Crippen LogP contribution is -2.25. The van der Waals surface area contributed by atoms with Crippen LogP contribution >= 0.6 is 0 Å². The third-order valence-corrected chi connectivity index (χ3v) is 7.86. The van der Waals surface area contributed by atoms with Gasteiger partial charge in [0.1, 0.15) is 17.6 Å². The molecule has 1 saturated carbocycles. The minimum atomic E-state index is -3.68. The molecule has 2 aliphatic rings. The molecule has 0 spiro atoms. The Bertz CT molecular complexity index is 1570. The Hall–Kier alpha value is -3.74. The van der Waals surface area contributed by atoms with Crippen LogP contribution in [0.1, 0.15) is 17.8 Å². The van der Waals surface area contributed by atoms with Crippen LogP contribution in [0.4, 0.5) is 35.9 Å². The standard InChI is InChI=1S/C25H25F3N6O3S/c1-33-12-29-11-22(33)13-4-5-17(21(6-13)34(2)38(3,36)37)31-18-7-14(8-23(35)15-9-16(15)26)30-19-10-20(25(27)28)32-24(18)19/h4-7,11-12,15-16,25H,8-10H2,1-3H3,(H,30,31)/t15?,16-/m0/s1. The van der Waals surface area contributed by atoms with Crippen LogP contribution in [0.15, 0.2) is 41.8 Å². The van der Waals surface area contributed by atoms with E-state index in [1.165, 1.54) is 13.1 Å². The molecule has 3 aromatic rings. The fraction of sp³-hybridized carbons (Fsp3) is 0.360. The number of halogens is 3. The van der Waals surface area contributed by atoms with Gasteiger partial charge in [-0.05, 0) is 24.6 Å². The second kappa shape index (κ2) is 9.53. The molecule has 1 aliphatic carbocycles. The zero-order valence-electron chi connectivity index (χ0n) is 20.8. The van der Waals surface area contributed by atoms with E-state index in [9.17, 15) is 26.4 Å². The summed E-state index contributed by atoms with van der Waals surface area (Å²) in [6.07, 6.45) is 0.237. The van der Waals surface area contributed by atoms with E-state index in [0.29, 0.717) is 22.6 Å². The van der Waals surface area contributed by atoms with Crippen molar-refractivity contribution in [2.45, 2.75) is 31.9 Å². The molecule has 9 nitrogen and oxygen atoms in total. The van der Waals surface area contributed by atoms with E-state index in [-0.39, 0.29) is 47.8 Å². The summed E-state index contributed by atoms with van der Waals surface area (Å²) in [5, 5.41) is 3.13. The van der Waals surface area contributed by atoms with Gasteiger partial charge >= 0.3 is 0 Å². The van der Waals surface area contributed by atoms with E-state index < -0.39 is 28.5 Å². The fourth-order valence-corrected chi connectivity index (χ4v) is 4.89. The third kappa shape index (κ3) is 5.02. The van der Waals surface area contributed by atoms with E-state index in [1.807, 2.05) is 7.05 Å². The van der Waals surface area contributed by atoms with Gasteiger partial charge in [0.15, 0.2) is 0 Å². The van der Waals surface area contributed by atoms with Gasteiger partial charge in [-0.25, -0.2) is 31.6 Å². The largest absolute Gasteiger partial charge is 0.352 e. The van der Waals surface area contributed by atoms with E-state index >= 15 is 0 Å². The Morgan fingerprint density at radius 3 is 2.61 bits per heavy atom. The Kier molecular flexibility index (Phi) is 6.49. The maximum atomic E-state index is 13.5. The number of anilines is 3. The molecule has 0 radical (unpaired) electrons. The lowest BCUT2D eigenvalue weighted by molar-refractivity contribution is -0.120. The summed E-state index contributed by atoms with van der Waals surface area (Å²) in [6, 6.07) is 6.63. The molecule has 13 heteroatoms. The Balaban J connectivity index is 1.58. The van der Waals surface area contributed by atoms with Crippen molar-refractivity contribution in [2.24, 2.45) is 18.0 Å². The van der Waals surface area contributed by atoms with Gasteiger partial charge in [-0.3, -0.25) is 14.1 Å². The van der Waals surface area contributed by atoms with Gasteiger partial charge in [-0.15, -0.1) is 0 Å². The summed E-state index contributed by atoms with van der Waals surface area (Å²) >= 11 is 0. The number of aliphatic imine (C=N–C) groups is 1. The van der Waals surface area contributed by atoms with Gasteiger partial charge in [-0.2, -0.15) is 0 Å². The molecule has 1 N–H and O–H groups in total. The summed E-state index contributed by atoms with van der Waals surface area (Å²) in [6.45, 7) is 0. The van der Waals surface area contributed by atoms with Crippen molar-refractivity contribution in [1.29, 1.82) is 0 Å². The number of aryl methyl sites for hydroxylation is 1. The van der Waals surface area contributed by atoms with E-state index in [1.54, 1.807) is 35.3 Å². The highest BCUT2D eigenvalue weighted by Gasteiger charge is 2.43. The van der Waals surface area contributed by atoms with Crippen LogP contribution in [0, 0.1) is 5.92 Å². The van der Waals surface area contributed by atoms with Crippen molar-refractivity contribution in [3.8, 4) is 11.3 Å². The van der Waals surface area contributed by atoms with Crippen LogP contribution in [0.5, 0.6) is 0 Å². The van der Waals surface area contributed by atoms with Gasteiger partial charge < -0.3 is 9.88 Å². The molecule has 3 heterocycles. The highest BCUT2D eigenvalue weighted by Crippen LogP contribution is 2.41. The Morgan fingerprint density at radius 1 is 1.26 bits per heavy atom. The van der Waals surface area contributed by atoms with Crippen molar-refractivity contribution >= 4 is 44.3 Å². The highest BCUT2D eigenvalue weighted by atomic mass is 32.2. The molecule has 1 unspecified atom stereocenters. The molecule has 0 bridgehead atoms. The molecule has 1 aromatic carbocycles. The summed E-state index contributed by atoms with van der Waals surface area (Å²) in [4.78, 5) is 25.0. The van der Waals surface area contributed by atoms with Crippen molar-refractivity contribution in [3.63, 3.8) is 0 Å². The third-order valence-electron chi connectivity index (χ3n) is 6.67. The smallest absolute Gasteiger partial charge is 0.277 e. The molecule has 0 amide bonds. The van der Waals surface area contributed by atoms with Gasteiger partial charge in [0.05, 0.1) is 64.6 Å². The first kappa shape index (κ1) is 25.9. The number of aromatic nitrogens is 3. The predicted octanol–water partition coefficient (Wildman–Crippen LogP) is 3.98. The van der Waals surface area contributed by atoms with Crippen LogP contribution in [0.3, 0.4) is 0 Å². The number of benzene rings is 1. The Morgan fingerprint density at radius 2 is 2.00 bits per heavy atom. The number of ketones is 1. The van der Waals surface area contributed by atoms with Crippen molar-refractivity contribution < 1.29 is 26.4 Å². The molecule has 1 fully saturated rings. The molecular formula is C25H25F3N6O3S. The van der Waals surface area contributed by atoms with Crippen LogP contribution in [0.2, 0.25) is 0 Å². The number of hydrogen-bond acceptors (Lipinski definition) is 7. The van der Waals surface area contributed by atoms with Crippen molar-refractivity contribution in [3.05, 3.63) is 48.2 Å². The highest BCUT2D eigenvalue weighted by molar-refractivity contribution is 7.92. The minimum absolute atomic E-state index is 0.146. The number of nitrogens with zero attached hydrogens (tertiary/aromatic N) is 5. The number of hydrogen-bond donors (Lipinski definition) is 1. The van der Waals surface area contributed by atoms with Gasteiger partial charge in [0.2, 0.25) is 10.0 Å². The van der Waals surface area contributed by atoms with E-state index in [2.05, 4.69) is 20.3 Å². The van der Waals surface area contributed by atoms with Crippen LogP contribution in [-0.4, -0.2) is 60.3 Å². The zero-order chi connectivity index (χ0) is 27.4. The molecule has 5 rings (SSSR count). The van der Waals surface area contributed by atoms with Crippen LogP contribution in [-0.2, 0) is 34.7 Å². The first-order valence-electron chi connectivity index (χ1n) is 11.8. The predicted molar refractivity (Wildman–Crippen MR) is 138 cm³/mol. The molecule has 0 saturated heterocycles. The van der Waals surface area contributed by atoms with Gasteiger partial charge in [-0.1, -0.05) is 6.07 Å². The number of sulfonamides is 1. The quantitative estimate of drug-likeness (QED) is 0.435. The number of imidazole rings is 1. The normalized spacial score (nSPS) is 18.3. The summed E-state index contributed by atoms with van der Waals surface area (Å²) in [5.41, 5.74) is 2.80. The van der Waals surface area contributed by atoms with Crippen molar-refractivity contribution in [1.82, 2.24) is 14.5 Å². The number of nitrogens with one attached hydrogen (secondary N) is 1. The summed E-state index contributed by atoms with van der Waals surface area (Å²) < 4.78 is 68.2. The maximum Gasteiger partial charge on any atom is 0.277 e. The first-order chi connectivity index (χ1) is 17.9. The molecular weight excluding hydrogens is 521 g/mol. The second-order valence-corrected chi connectivity index (χ2v) is 11.5. The number of carbonyl (C=O) groups is 1. The molecule has 1 aliphatic heterocycles. The second-order valence-electron chi connectivity index (χ2n) is 9.52. The molecule has 200 valence electrons. The van der Waals surface area contributed by atoms with E-state index in [0.717, 1.165) is 16.3 Å². The SMILES string of the molecule is CN(c1cc(-c2cncn2C)ccc1Nc1cc(CC(=O)C2C[C@@H]2F)nc2c1N=C(C(F)F)C2)S(C)(=O)=O. The maximum absolute atomic E-state index is 13.5. The minimum Gasteiger partial charge on any atom is -0.352 e. The summed E-state index contributed by atoms with van der Waals surface area (Å²) in [7, 11) is -0.467. The average molecular weight is 547 g/mol. The van der Waals surface area contributed by atoms with Crippen molar-refractivity contribution in [2.75, 3.05) is 22.9 Å². The Labute approximate surface area is 217 Å². The number of carbonyl (C=O) groups excluding carboxylic acids is 1. The average Bonchev–Trinajstić information content (AvgIpc) is 3.22.